The number of carbonyl (C=O) groups excluding carboxylic acids is 2. The van der Waals surface area contributed by atoms with Crippen molar-refractivity contribution in [2.75, 3.05) is 11.9 Å². The van der Waals surface area contributed by atoms with Crippen molar-refractivity contribution in [3.8, 4) is 16.4 Å². The molecule has 0 atom stereocenters. The summed E-state index contributed by atoms with van der Waals surface area (Å²) in [6.45, 7) is -0.516. The lowest BCUT2D eigenvalue weighted by atomic mass is 10.3. The number of ether oxygens (including phenoxy) is 1. The summed E-state index contributed by atoms with van der Waals surface area (Å²) < 4.78 is 6.64. The zero-order valence-electron chi connectivity index (χ0n) is 15.4. The normalized spacial score (nSPS) is 10.6. The average molecular weight is 440 g/mol. The second-order valence-electron chi connectivity index (χ2n) is 5.95. The third-order valence-electron chi connectivity index (χ3n) is 3.90. The minimum absolute atomic E-state index is 0.140. The molecule has 0 unspecified atom stereocenters. The van der Waals surface area contributed by atoms with Crippen LogP contribution in [0.2, 0.25) is 5.15 Å². The molecule has 0 fully saturated rings. The van der Waals surface area contributed by atoms with Gasteiger partial charge in [0.2, 0.25) is 0 Å². The molecule has 10 heteroatoms. The molecule has 150 valence electrons. The van der Waals surface area contributed by atoms with Crippen LogP contribution in [0, 0.1) is 0 Å². The van der Waals surface area contributed by atoms with Gasteiger partial charge in [0.1, 0.15) is 0 Å². The summed E-state index contributed by atoms with van der Waals surface area (Å²) in [6, 6.07) is 16.3. The SMILES string of the molecule is O=C(COC(=O)c1nc(-c2cccs2)n(-c2ccccc2)n1)Nc1cccnc1Cl. The van der Waals surface area contributed by atoms with Gasteiger partial charge in [0, 0.05) is 6.20 Å². The van der Waals surface area contributed by atoms with E-state index in [2.05, 4.69) is 20.4 Å². The van der Waals surface area contributed by atoms with Crippen LogP contribution >= 0.6 is 22.9 Å². The number of benzene rings is 1. The summed E-state index contributed by atoms with van der Waals surface area (Å²) in [4.78, 5) is 33.6. The molecule has 0 spiro atoms. The lowest BCUT2D eigenvalue weighted by Gasteiger charge is -2.06. The first-order valence-electron chi connectivity index (χ1n) is 8.75. The maximum absolute atomic E-state index is 12.5. The lowest BCUT2D eigenvalue weighted by Crippen LogP contribution is -2.21. The molecule has 3 aromatic heterocycles. The number of anilines is 1. The predicted octanol–water partition coefficient (Wildman–Crippen LogP) is 3.84. The second kappa shape index (κ2) is 8.85. The van der Waals surface area contributed by atoms with Gasteiger partial charge in [-0.2, -0.15) is 4.98 Å². The van der Waals surface area contributed by atoms with Crippen molar-refractivity contribution in [2.45, 2.75) is 0 Å². The fraction of sp³-hybridized carbons (Fsp3) is 0.0500. The molecule has 8 nitrogen and oxygen atoms in total. The number of pyridine rings is 1. The molecule has 0 aliphatic carbocycles. The molecule has 0 aliphatic rings. The summed E-state index contributed by atoms with van der Waals surface area (Å²) in [6.07, 6.45) is 1.50. The molecule has 0 saturated heterocycles. The van der Waals surface area contributed by atoms with Crippen LogP contribution in [0.1, 0.15) is 10.6 Å². The number of hydrogen-bond acceptors (Lipinski definition) is 7. The molecule has 1 N–H and O–H groups in total. The van der Waals surface area contributed by atoms with E-state index < -0.39 is 18.5 Å². The lowest BCUT2D eigenvalue weighted by molar-refractivity contribution is -0.119. The Kier molecular flexibility index (Phi) is 5.82. The molecular weight excluding hydrogens is 426 g/mol. The third-order valence-corrected chi connectivity index (χ3v) is 5.07. The fourth-order valence-electron chi connectivity index (χ4n) is 2.57. The fourth-order valence-corrected chi connectivity index (χ4v) is 3.44. The van der Waals surface area contributed by atoms with Gasteiger partial charge in [-0.25, -0.2) is 14.5 Å². The maximum atomic E-state index is 12.5. The predicted molar refractivity (Wildman–Crippen MR) is 113 cm³/mol. The van der Waals surface area contributed by atoms with Gasteiger partial charge >= 0.3 is 5.97 Å². The highest BCUT2D eigenvalue weighted by Crippen LogP contribution is 2.25. The Balaban J connectivity index is 1.50. The van der Waals surface area contributed by atoms with Gasteiger partial charge < -0.3 is 10.1 Å². The van der Waals surface area contributed by atoms with Crippen LogP contribution in [0.4, 0.5) is 5.69 Å². The summed E-state index contributed by atoms with van der Waals surface area (Å²) in [5.74, 6) is -1.00. The van der Waals surface area contributed by atoms with Crippen LogP contribution in [0.15, 0.2) is 66.2 Å². The van der Waals surface area contributed by atoms with Gasteiger partial charge in [-0.05, 0) is 35.7 Å². The van der Waals surface area contributed by atoms with Gasteiger partial charge in [-0.15, -0.1) is 16.4 Å². The van der Waals surface area contributed by atoms with Gasteiger partial charge in [-0.3, -0.25) is 4.79 Å². The topological polar surface area (TPSA) is 99.0 Å². The zero-order chi connectivity index (χ0) is 20.9. The van der Waals surface area contributed by atoms with Crippen molar-refractivity contribution in [1.29, 1.82) is 0 Å². The van der Waals surface area contributed by atoms with Gasteiger partial charge in [0.25, 0.3) is 11.7 Å². The number of carbonyl (C=O) groups is 2. The molecule has 0 bridgehead atoms. The van der Waals surface area contributed by atoms with E-state index >= 15 is 0 Å². The Morgan fingerprint density at radius 1 is 1.10 bits per heavy atom. The van der Waals surface area contributed by atoms with E-state index in [0.717, 1.165) is 10.6 Å². The number of para-hydroxylation sites is 1. The highest BCUT2D eigenvalue weighted by atomic mass is 35.5. The van der Waals surface area contributed by atoms with Crippen LogP contribution < -0.4 is 5.32 Å². The first kappa shape index (κ1) is 19.7. The Bertz CT molecular complexity index is 1180. The number of rotatable bonds is 6. The van der Waals surface area contributed by atoms with Crippen LogP contribution in [-0.2, 0) is 9.53 Å². The number of esters is 1. The molecule has 0 aliphatic heterocycles. The molecule has 0 saturated carbocycles. The Morgan fingerprint density at radius 2 is 1.93 bits per heavy atom. The van der Waals surface area contributed by atoms with Crippen molar-refractivity contribution >= 4 is 40.5 Å². The number of aromatic nitrogens is 4. The van der Waals surface area contributed by atoms with Crippen molar-refractivity contribution in [2.24, 2.45) is 0 Å². The van der Waals surface area contributed by atoms with Crippen molar-refractivity contribution in [1.82, 2.24) is 19.7 Å². The molecular formula is C20H14ClN5O3S. The highest BCUT2D eigenvalue weighted by molar-refractivity contribution is 7.13. The number of halogens is 1. The standard InChI is InChI=1S/C20H14ClN5O3S/c21-17-14(8-4-10-22-17)23-16(27)12-29-20(28)18-24-19(15-9-5-11-30-15)26(25-18)13-6-2-1-3-7-13/h1-11H,12H2,(H,23,27). The quantitative estimate of drug-likeness (QED) is 0.362. The van der Waals surface area contributed by atoms with E-state index in [1.807, 2.05) is 47.8 Å². The van der Waals surface area contributed by atoms with Gasteiger partial charge in [0.05, 0.1) is 16.3 Å². The minimum atomic E-state index is -0.810. The van der Waals surface area contributed by atoms with E-state index in [4.69, 9.17) is 16.3 Å². The summed E-state index contributed by atoms with van der Waals surface area (Å²) in [5, 5.41) is 8.86. The molecule has 30 heavy (non-hydrogen) atoms. The van der Waals surface area contributed by atoms with Crippen molar-refractivity contribution in [3.05, 3.63) is 77.2 Å². The van der Waals surface area contributed by atoms with Crippen LogP contribution in [-0.4, -0.2) is 38.2 Å². The van der Waals surface area contributed by atoms with E-state index in [1.54, 1.807) is 16.8 Å². The van der Waals surface area contributed by atoms with E-state index in [1.165, 1.54) is 17.5 Å². The largest absolute Gasteiger partial charge is 0.450 e. The average Bonchev–Trinajstić information content (AvgIpc) is 3.44. The number of thiophene rings is 1. The number of nitrogens with one attached hydrogen (secondary N) is 1. The summed E-state index contributed by atoms with van der Waals surface area (Å²) in [5.41, 5.74) is 1.07. The Morgan fingerprint density at radius 3 is 2.67 bits per heavy atom. The summed E-state index contributed by atoms with van der Waals surface area (Å²) >= 11 is 7.37. The first-order chi connectivity index (χ1) is 14.6. The number of amides is 1. The molecule has 1 aromatic carbocycles. The Hall–Kier alpha value is -3.56. The number of hydrogen-bond donors (Lipinski definition) is 1. The molecule has 3 heterocycles. The van der Waals surface area contributed by atoms with Crippen molar-refractivity contribution in [3.63, 3.8) is 0 Å². The second-order valence-corrected chi connectivity index (χ2v) is 7.26. The smallest absolute Gasteiger partial charge is 0.378 e. The van der Waals surface area contributed by atoms with E-state index in [0.29, 0.717) is 11.5 Å². The van der Waals surface area contributed by atoms with Gasteiger partial charge in [-0.1, -0.05) is 35.9 Å². The van der Waals surface area contributed by atoms with Crippen LogP contribution in [0.25, 0.3) is 16.4 Å². The first-order valence-corrected chi connectivity index (χ1v) is 10.0. The van der Waals surface area contributed by atoms with E-state index in [-0.39, 0.29) is 11.0 Å². The molecule has 1 amide bonds. The molecule has 4 aromatic rings. The Labute approximate surface area is 180 Å². The minimum Gasteiger partial charge on any atom is -0.450 e. The van der Waals surface area contributed by atoms with Crippen LogP contribution in [0.5, 0.6) is 0 Å². The monoisotopic (exact) mass is 439 g/mol. The third kappa shape index (κ3) is 4.37. The van der Waals surface area contributed by atoms with E-state index in [9.17, 15) is 9.59 Å². The maximum Gasteiger partial charge on any atom is 0.378 e. The van der Waals surface area contributed by atoms with Crippen LogP contribution in [0.3, 0.4) is 0 Å². The molecule has 4 rings (SSSR count). The zero-order valence-corrected chi connectivity index (χ0v) is 16.9. The van der Waals surface area contributed by atoms with Crippen molar-refractivity contribution < 1.29 is 14.3 Å². The number of nitrogens with zero attached hydrogens (tertiary/aromatic N) is 4. The molecule has 0 radical (unpaired) electrons. The summed E-state index contributed by atoms with van der Waals surface area (Å²) in [7, 11) is 0. The highest BCUT2D eigenvalue weighted by Gasteiger charge is 2.21. The van der Waals surface area contributed by atoms with Gasteiger partial charge in [0.15, 0.2) is 17.6 Å².